The molecular weight excluding hydrogens is 256 g/mol. The second-order valence-corrected chi connectivity index (χ2v) is 5.83. The number of hydrogen-bond acceptors (Lipinski definition) is 3. The summed E-state index contributed by atoms with van der Waals surface area (Å²) in [5, 5.41) is 13.8. The summed E-state index contributed by atoms with van der Waals surface area (Å²) in [5.41, 5.74) is 3.72. The molecule has 0 bridgehead atoms. The van der Waals surface area contributed by atoms with E-state index in [9.17, 15) is 9.90 Å². The fourth-order valence-corrected chi connectivity index (χ4v) is 3.03. The Balaban J connectivity index is 1.80. The second-order valence-electron chi connectivity index (χ2n) is 5.83. The van der Waals surface area contributed by atoms with Gasteiger partial charge in [-0.05, 0) is 37.7 Å². The lowest BCUT2D eigenvalue weighted by Gasteiger charge is -2.09. The van der Waals surface area contributed by atoms with Crippen LogP contribution in [0.4, 0.5) is 0 Å². The van der Waals surface area contributed by atoms with Gasteiger partial charge in [0.25, 0.3) is 0 Å². The summed E-state index contributed by atoms with van der Waals surface area (Å²) in [7, 11) is 0. The van der Waals surface area contributed by atoms with Crippen LogP contribution in [-0.4, -0.2) is 20.9 Å². The van der Waals surface area contributed by atoms with Gasteiger partial charge in [-0.3, -0.25) is 4.68 Å². The number of aromatic carboxylic acids is 1. The van der Waals surface area contributed by atoms with Crippen LogP contribution in [-0.2, 0) is 19.4 Å². The Labute approximate surface area is 116 Å². The first-order valence-electron chi connectivity index (χ1n) is 7.05. The number of aromatic nitrogens is 2. The van der Waals surface area contributed by atoms with Gasteiger partial charge in [0.2, 0.25) is 5.76 Å². The number of carboxylic acids is 1. The molecule has 0 radical (unpaired) electrons. The first-order valence-corrected chi connectivity index (χ1v) is 7.05. The average Bonchev–Trinajstić information content (AvgIpc) is 3.00. The van der Waals surface area contributed by atoms with Crippen LogP contribution in [0.15, 0.2) is 10.6 Å². The first-order chi connectivity index (χ1) is 9.63. The van der Waals surface area contributed by atoms with Crippen LogP contribution in [0.25, 0.3) is 11.3 Å². The van der Waals surface area contributed by atoms with E-state index >= 15 is 0 Å². The van der Waals surface area contributed by atoms with Crippen molar-refractivity contribution in [3.63, 3.8) is 0 Å². The topological polar surface area (TPSA) is 68.3 Å². The maximum atomic E-state index is 11.2. The Morgan fingerprint density at radius 2 is 2.30 bits per heavy atom. The third-order valence-electron chi connectivity index (χ3n) is 4.25. The van der Waals surface area contributed by atoms with Gasteiger partial charge in [-0.15, -0.1) is 0 Å². The van der Waals surface area contributed by atoms with Gasteiger partial charge >= 0.3 is 5.97 Å². The number of nitrogens with zero attached hydrogens (tertiary/aromatic N) is 2. The molecule has 104 valence electrons. The lowest BCUT2D eigenvalue weighted by Crippen LogP contribution is -2.01. The first kappa shape index (κ1) is 11.8. The standard InChI is InChI=1S/C15H16N2O3/c1-8-12-11(20-14(8)15(18)19)5-4-10-7-17(16-13(10)12)6-9-2-3-9/h7,9H,2-6H2,1H3,(H,18,19). The van der Waals surface area contributed by atoms with Crippen LogP contribution in [0, 0.1) is 12.8 Å². The Kier molecular flexibility index (Phi) is 2.34. The van der Waals surface area contributed by atoms with Gasteiger partial charge < -0.3 is 9.52 Å². The zero-order valence-electron chi connectivity index (χ0n) is 11.3. The Morgan fingerprint density at radius 1 is 1.50 bits per heavy atom. The number of carbonyl (C=O) groups is 1. The molecule has 0 amide bonds. The summed E-state index contributed by atoms with van der Waals surface area (Å²) in [5.74, 6) is 0.593. The van der Waals surface area contributed by atoms with Gasteiger partial charge in [0.05, 0.1) is 5.69 Å². The lowest BCUT2D eigenvalue weighted by molar-refractivity contribution is 0.0659. The van der Waals surface area contributed by atoms with E-state index in [2.05, 4.69) is 11.3 Å². The molecule has 5 heteroatoms. The fraction of sp³-hybridized carbons (Fsp3) is 0.467. The van der Waals surface area contributed by atoms with E-state index < -0.39 is 5.97 Å². The van der Waals surface area contributed by atoms with Crippen LogP contribution in [0.1, 0.15) is 40.3 Å². The molecule has 0 unspecified atom stereocenters. The minimum atomic E-state index is -1.00. The second kappa shape index (κ2) is 3.98. The molecule has 0 spiro atoms. The highest BCUT2D eigenvalue weighted by Crippen LogP contribution is 2.39. The van der Waals surface area contributed by atoms with Gasteiger partial charge in [0, 0.05) is 30.3 Å². The molecule has 0 saturated heterocycles. The Morgan fingerprint density at radius 3 is 3.00 bits per heavy atom. The minimum Gasteiger partial charge on any atom is -0.475 e. The summed E-state index contributed by atoms with van der Waals surface area (Å²) >= 11 is 0. The maximum Gasteiger partial charge on any atom is 0.372 e. The molecule has 0 aromatic carbocycles. The van der Waals surface area contributed by atoms with E-state index in [1.807, 2.05) is 4.68 Å². The largest absolute Gasteiger partial charge is 0.475 e. The highest BCUT2D eigenvalue weighted by Gasteiger charge is 2.30. The average molecular weight is 272 g/mol. The van der Waals surface area contributed by atoms with Crippen molar-refractivity contribution < 1.29 is 14.3 Å². The van der Waals surface area contributed by atoms with Gasteiger partial charge in [0.1, 0.15) is 5.76 Å². The third-order valence-corrected chi connectivity index (χ3v) is 4.25. The zero-order chi connectivity index (χ0) is 13.9. The number of hydrogen-bond donors (Lipinski definition) is 1. The molecule has 4 rings (SSSR count). The van der Waals surface area contributed by atoms with E-state index in [1.54, 1.807) is 6.92 Å². The van der Waals surface area contributed by atoms with Gasteiger partial charge in [-0.2, -0.15) is 5.10 Å². The highest BCUT2D eigenvalue weighted by atomic mass is 16.4. The predicted octanol–water partition coefficient (Wildman–Crippen LogP) is 2.66. The molecule has 1 saturated carbocycles. The van der Waals surface area contributed by atoms with E-state index in [1.165, 1.54) is 18.4 Å². The fourth-order valence-electron chi connectivity index (χ4n) is 3.03. The van der Waals surface area contributed by atoms with Crippen molar-refractivity contribution in [3.8, 4) is 11.3 Å². The Hall–Kier alpha value is -2.04. The summed E-state index contributed by atoms with van der Waals surface area (Å²) in [6.45, 7) is 2.78. The van der Waals surface area contributed by atoms with E-state index in [4.69, 9.17) is 4.42 Å². The van der Waals surface area contributed by atoms with E-state index in [-0.39, 0.29) is 5.76 Å². The van der Waals surface area contributed by atoms with Crippen LogP contribution in [0.3, 0.4) is 0 Å². The van der Waals surface area contributed by atoms with Crippen molar-refractivity contribution in [1.82, 2.24) is 9.78 Å². The van der Waals surface area contributed by atoms with Crippen molar-refractivity contribution in [3.05, 3.63) is 28.8 Å². The number of rotatable bonds is 3. The molecule has 0 aliphatic heterocycles. The summed E-state index contributed by atoms with van der Waals surface area (Å²) in [6.07, 6.45) is 6.33. The molecule has 2 heterocycles. The van der Waals surface area contributed by atoms with Crippen LogP contribution >= 0.6 is 0 Å². The number of furan rings is 1. The van der Waals surface area contributed by atoms with Gasteiger partial charge in [-0.25, -0.2) is 4.79 Å². The SMILES string of the molecule is Cc1c(C(=O)O)oc2c1-c1nn(CC3CC3)cc1CC2. The van der Waals surface area contributed by atoms with Crippen LogP contribution in [0.5, 0.6) is 0 Å². The molecule has 2 aliphatic carbocycles. The maximum absolute atomic E-state index is 11.2. The van der Waals surface area contributed by atoms with Crippen molar-refractivity contribution in [2.75, 3.05) is 0 Å². The predicted molar refractivity (Wildman–Crippen MR) is 71.8 cm³/mol. The summed E-state index contributed by atoms with van der Waals surface area (Å²) < 4.78 is 7.53. The molecule has 0 atom stereocenters. The molecule has 2 aliphatic rings. The summed E-state index contributed by atoms with van der Waals surface area (Å²) in [4.78, 5) is 11.2. The molecule has 2 aromatic rings. The number of carboxylic acid groups (broad SMARTS) is 1. The van der Waals surface area contributed by atoms with Gasteiger partial charge in [-0.1, -0.05) is 0 Å². The highest BCUT2D eigenvalue weighted by molar-refractivity contribution is 5.90. The zero-order valence-corrected chi connectivity index (χ0v) is 11.3. The third kappa shape index (κ3) is 1.69. The van der Waals surface area contributed by atoms with Gasteiger partial charge in [0.15, 0.2) is 0 Å². The van der Waals surface area contributed by atoms with Crippen molar-refractivity contribution in [2.45, 2.75) is 39.2 Å². The quantitative estimate of drug-likeness (QED) is 0.932. The molecular formula is C15H16N2O3. The van der Waals surface area contributed by atoms with Crippen molar-refractivity contribution in [2.24, 2.45) is 5.92 Å². The van der Waals surface area contributed by atoms with Crippen molar-refractivity contribution >= 4 is 5.97 Å². The van der Waals surface area contributed by atoms with Crippen molar-refractivity contribution in [1.29, 1.82) is 0 Å². The smallest absolute Gasteiger partial charge is 0.372 e. The lowest BCUT2D eigenvalue weighted by atomic mass is 9.94. The summed E-state index contributed by atoms with van der Waals surface area (Å²) in [6, 6.07) is 0. The number of aryl methyl sites for hydroxylation is 2. The van der Waals surface area contributed by atoms with Crippen LogP contribution in [0.2, 0.25) is 0 Å². The molecule has 20 heavy (non-hydrogen) atoms. The monoisotopic (exact) mass is 272 g/mol. The van der Waals surface area contributed by atoms with E-state index in [0.717, 1.165) is 42.3 Å². The minimum absolute atomic E-state index is 0.0552. The van der Waals surface area contributed by atoms with E-state index in [0.29, 0.717) is 5.56 Å². The number of fused-ring (bicyclic) bond motifs is 3. The Bertz CT molecular complexity index is 707. The molecule has 5 nitrogen and oxygen atoms in total. The molecule has 1 fully saturated rings. The molecule has 1 N–H and O–H groups in total. The molecule has 2 aromatic heterocycles. The van der Waals surface area contributed by atoms with Crippen LogP contribution < -0.4 is 0 Å². The normalized spacial score (nSPS) is 16.9.